The van der Waals surface area contributed by atoms with Gasteiger partial charge >= 0.3 is 0 Å². The summed E-state index contributed by atoms with van der Waals surface area (Å²) in [4.78, 5) is 0. The average Bonchev–Trinajstić information content (AvgIpc) is 2.83. The molecule has 0 aromatic rings. The second kappa shape index (κ2) is 21.4. The fourth-order valence-electron chi connectivity index (χ4n) is 1.75. The minimum atomic E-state index is -1.67. The Morgan fingerprint density at radius 3 is 1.14 bits per heavy atom. The van der Waals surface area contributed by atoms with Gasteiger partial charge in [-0.1, -0.05) is 0 Å². The van der Waals surface area contributed by atoms with Crippen molar-refractivity contribution in [3.8, 4) is 0 Å². The highest BCUT2D eigenvalue weighted by Gasteiger charge is 2.42. The third kappa shape index (κ3) is 17.5. The number of hydrogen-bond acceptors (Lipinski definition) is 16. The summed E-state index contributed by atoms with van der Waals surface area (Å²) in [7, 11) is 0. The van der Waals surface area contributed by atoms with Crippen LogP contribution in [0.5, 0.6) is 0 Å². The van der Waals surface area contributed by atoms with Crippen molar-refractivity contribution in [3.05, 3.63) is 0 Å². The maximum absolute atomic E-state index is 9.12. The van der Waals surface area contributed by atoms with Gasteiger partial charge < -0.3 is 81.3 Å². The summed E-state index contributed by atoms with van der Waals surface area (Å²) in [5.41, 5.74) is 0. The van der Waals surface area contributed by atoms with E-state index in [4.69, 9.17) is 76.6 Å². The number of aliphatic hydroxyl groups is 15. The highest BCUT2D eigenvalue weighted by molar-refractivity contribution is 4.88. The quantitative estimate of drug-likeness (QED) is 0.139. The Morgan fingerprint density at radius 1 is 0.571 bits per heavy atom. The molecule has 0 amide bonds. The van der Waals surface area contributed by atoms with E-state index in [1.165, 1.54) is 6.92 Å². The van der Waals surface area contributed by atoms with Gasteiger partial charge in [0.2, 0.25) is 0 Å². The third-order valence-corrected chi connectivity index (χ3v) is 4.34. The lowest BCUT2D eigenvalue weighted by atomic mass is 10.00. The Morgan fingerprint density at radius 2 is 0.914 bits per heavy atom. The molecule has 12 atom stereocenters. The minimum absolute atomic E-state index is 0.139. The summed E-state index contributed by atoms with van der Waals surface area (Å²) in [6.07, 6.45) is -15.2. The van der Waals surface area contributed by atoms with Gasteiger partial charge in [0.15, 0.2) is 6.29 Å². The zero-order valence-electron chi connectivity index (χ0n) is 19.9. The van der Waals surface area contributed by atoms with E-state index < -0.39 is 93.3 Å². The van der Waals surface area contributed by atoms with Crippen LogP contribution in [0.1, 0.15) is 20.8 Å². The largest absolute Gasteiger partial charge is 0.394 e. The fraction of sp³-hybridized carbons (Fsp3) is 1.00. The molecule has 16 heteroatoms. The van der Waals surface area contributed by atoms with Gasteiger partial charge in [-0.05, 0) is 20.8 Å². The molecule has 0 aromatic heterocycles. The number of rotatable bonds is 8. The van der Waals surface area contributed by atoms with E-state index in [-0.39, 0.29) is 6.61 Å². The molecule has 15 N–H and O–H groups in total. The number of ether oxygens (including phenoxy) is 1. The maximum Gasteiger partial charge on any atom is 0.184 e. The van der Waals surface area contributed by atoms with Crippen LogP contribution in [0.4, 0.5) is 0 Å². The van der Waals surface area contributed by atoms with Crippen LogP contribution in [-0.2, 0) is 4.74 Å². The van der Waals surface area contributed by atoms with E-state index in [0.717, 1.165) is 0 Å². The smallest absolute Gasteiger partial charge is 0.184 e. The monoisotopic (exact) mass is 528 g/mol. The first kappa shape index (κ1) is 38.9. The lowest BCUT2D eigenvalue weighted by Crippen LogP contribution is -2.58. The summed E-state index contributed by atoms with van der Waals surface area (Å²) >= 11 is 0. The predicted molar refractivity (Wildman–Crippen MR) is 116 cm³/mol. The summed E-state index contributed by atoms with van der Waals surface area (Å²) in [6.45, 7) is 2.50. The first-order chi connectivity index (χ1) is 16.0. The van der Waals surface area contributed by atoms with Crippen molar-refractivity contribution < 1.29 is 81.3 Å². The van der Waals surface area contributed by atoms with Gasteiger partial charge in [-0.25, -0.2) is 0 Å². The standard InChI is InChI=1S/C6H12O6.C6H14O6.C4H10O2.C3H8O2/c7-1-2-3(8)4(9)5(10)6(11)12-2;7-1-3(9)5(11)6(12)4(10)2-8;1-3(5)4(2)6;1-3(5)2-4/h2-11H,1H2;3-12H,1-2H2;3-6H,1-2H3;3-5H,2H2,1H3/t2?,3-,4+,5?,6-;3-,4+,5-,6-;;/m11../s1. The normalized spacial score (nSPS) is 29.8. The predicted octanol–water partition coefficient (Wildman–Crippen LogP) is -7.70. The highest BCUT2D eigenvalue weighted by atomic mass is 16.6. The molecule has 16 nitrogen and oxygen atoms in total. The Kier molecular flexibility index (Phi) is 23.8. The van der Waals surface area contributed by atoms with Crippen LogP contribution in [-0.4, -0.2) is 176 Å². The molecular formula is C19H44O16. The zero-order chi connectivity index (χ0) is 28.5. The van der Waals surface area contributed by atoms with Crippen LogP contribution in [0.25, 0.3) is 0 Å². The zero-order valence-corrected chi connectivity index (χ0v) is 19.9. The molecule has 0 bridgehead atoms. The fourth-order valence-corrected chi connectivity index (χ4v) is 1.75. The van der Waals surface area contributed by atoms with E-state index in [1.54, 1.807) is 13.8 Å². The molecule has 1 aliphatic rings. The van der Waals surface area contributed by atoms with Gasteiger partial charge in [-0.2, -0.15) is 0 Å². The Labute approximate surface area is 202 Å². The second-order valence-electron chi connectivity index (χ2n) is 7.71. The van der Waals surface area contributed by atoms with Crippen molar-refractivity contribution in [3.63, 3.8) is 0 Å². The SMILES string of the molecule is CC(O)C(C)O.CC(O)CO.OCC1O[C@@H](O)C(O)[C@@H](O)[C@@H]1O.OC[C@@H](O)[C@@H](O)[C@H](O)[C@@H](O)CO. The molecule has 0 saturated carbocycles. The molecule has 1 rings (SSSR count). The Hall–Kier alpha value is -0.640. The molecule has 0 radical (unpaired) electrons. The topological polar surface area (TPSA) is 313 Å². The molecule has 5 unspecified atom stereocenters. The van der Waals surface area contributed by atoms with Crippen molar-refractivity contribution in [1.29, 1.82) is 0 Å². The van der Waals surface area contributed by atoms with Gasteiger partial charge in [0.1, 0.15) is 48.8 Å². The summed E-state index contributed by atoms with van der Waals surface area (Å²) < 4.78 is 4.58. The number of hydrogen-bond donors (Lipinski definition) is 15. The van der Waals surface area contributed by atoms with Crippen molar-refractivity contribution in [2.24, 2.45) is 0 Å². The summed E-state index contributed by atoms with van der Waals surface area (Å²) in [5.74, 6) is 0. The van der Waals surface area contributed by atoms with Gasteiger partial charge in [-0.3, -0.25) is 0 Å². The lowest BCUT2D eigenvalue weighted by molar-refractivity contribution is -0.286. The van der Waals surface area contributed by atoms with Crippen molar-refractivity contribution in [2.75, 3.05) is 26.4 Å². The van der Waals surface area contributed by atoms with Crippen LogP contribution >= 0.6 is 0 Å². The van der Waals surface area contributed by atoms with E-state index in [1.807, 2.05) is 0 Å². The minimum Gasteiger partial charge on any atom is -0.394 e. The van der Waals surface area contributed by atoms with E-state index in [0.29, 0.717) is 0 Å². The molecule has 1 aliphatic heterocycles. The maximum atomic E-state index is 9.12. The molecule has 1 saturated heterocycles. The molecule has 0 spiro atoms. The van der Waals surface area contributed by atoms with Crippen LogP contribution in [0.3, 0.4) is 0 Å². The van der Waals surface area contributed by atoms with Gasteiger partial charge in [0.05, 0.1) is 44.7 Å². The van der Waals surface area contributed by atoms with Crippen LogP contribution in [0.15, 0.2) is 0 Å². The second-order valence-corrected chi connectivity index (χ2v) is 7.71. The summed E-state index contributed by atoms with van der Waals surface area (Å²) in [6, 6.07) is 0. The van der Waals surface area contributed by atoms with Crippen molar-refractivity contribution >= 4 is 0 Å². The lowest BCUT2D eigenvalue weighted by Gasteiger charge is -2.37. The van der Waals surface area contributed by atoms with Crippen LogP contribution in [0.2, 0.25) is 0 Å². The molecular weight excluding hydrogens is 484 g/mol. The molecule has 35 heavy (non-hydrogen) atoms. The molecule has 0 aliphatic carbocycles. The first-order valence-electron chi connectivity index (χ1n) is 10.6. The molecule has 1 fully saturated rings. The summed E-state index contributed by atoms with van der Waals surface area (Å²) in [5, 5.41) is 130. The van der Waals surface area contributed by atoms with Crippen molar-refractivity contribution in [2.45, 2.75) is 94.2 Å². The number of aliphatic hydroxyl groups excluding tert-OH is 15. The molecule has 216 valence electrons. The molecule has 0 aromatic carbocycles. The molecule has 1 heterocycles. The van der Waals surface area contributed by atoms with Gasteiger partial charge in [-0.15, -0.1) is 0 Å². The van der Waals surface area contributed by atoms with Crippen LogP contribution < -0.4 is 0 Å². The van der Waals surface area contributed by atoms with Gasteiger partial charge in [0, 0.05) is 0 Å². The highest BCUT2D eigenvalue weighted by Crippen LogP contribution is 2.19. The average molecular weight is 529 g/mol. The van der Waals surface area contributed by atoms with Gasteiger partial charge in [0.25, 0.3) is 0 Å². The van der Waals surface area contributed by atoms with Crippen molar-refractivity contribution in [1.82, 2.24) is 0 Å². The Bertz CT molecular complexity index is 439. The first-order valence-corrected chi connectivity index (χ1v) is 10.6. The third-order valence-electron chi connectivity index (χ3n) is 4.34. The van der Waals surface area contributed by atoms with E-state index in [2.05, 4.69) is 4.74 Å². The van der Waals surface area contributed by atoms with E-state index in [9.17, 15) is 0 Å². The van der Waals surface area contributed by atoms with E-state index >= 15 is 0 Å². The van der Waals surface area contributed by atoms with Crippen LogP contribution in [0, 0.1) is 0 Å². The Balaban J connectivity index is -0.000000418.